The summed E-state index contributed by atoms with van der Waals surface area (Å²) in [5.41, 5.74) is 4.09. The average molecular weight is 551 g/mol. The molecule has 3 N–H and O–H groups in total. The van der Waals surface area contributed by atoms with Crippen LogP contribution in [0.15, 0.2) is 91.1 Å². The smallest absolute Gasteiger partial charge is 0.251 e. The number of hydrogen-bond donors (Lipinski definition) is 3. The molecule has 0 aliphatic carbocycles. The number of aromatic nitrogens is 1. The number of benzene rings is 3. The van der Waals surface area contributed by atoms with E-state index in [1.165, 1.54) is 0 Å². The number of carbonyl (C=O) groups is 4. The maximum atomic E-state index is 12.9. The summed E-state index contributed by atoms with van der Waals surface area (Å²) in [7, 11) is 0. The zero-order chi connectivity index (χ0) is 29.2. The Balaban J connectivity index is 1.26. The van der Waals surface area contributed by atoms with Gasteiger partial charge in [-0.1, -0.05) is 74.5 Å². The summed E-state index contributed by atoms with van der Waals surface area (Å²) in [5.74, 6) is -1.34. The summed E-state index contributed by atoms with van der Waals surface area (Å²) in [6.45, 7) is 3.44. The van der Waals surface area contributed by atoms with E-state index in [1.54, 1.807) is 30.5 Å². The van der Waals surface area contributed by atoms with E-state index in [1.807, 2.05) is 74.5 Å². The predicted octanol–water partition coefficient (Wildman–Crippen LogP) is 4.09. The fraction of sp³-hybridized carbons (Fsp3) is 0.242. The van der Waals surface area contributed by atoms with Crippen LogP contribution in [0.4, 0.5) is 0 Å². The van der Waals surface area contributed by atoms with Gasteiger partial charge in [0.2, 0.25) is 11.8 Å². The van der Waals surface area contributed by atoms with Crippen molar-refractivity contribution in [1.82, 2.24) is 20.9 Å². The maximum absolute atomic E-state index is 12.9. The topological polar surface area (TPSA) is 117 Å². The molecule has 3 amide bonds. The minimum atomic E-state index is -0.814. The summed E-state index contributed by atoms with van der Waals surface area (Å²) >= 11 is 0. The number of fused-ring (bicyclic) bond motifs is 1. The van der Waals surface area contributed by atoms with Gasteiger partial charge in [0.15, 0.2) is 5.78 Å². The molecule has 0 aliphatic heterocycles. The van der Waals surface area contributed by atoms with Crippen LogP contribution in [0.2, 0.25) is 0 Å². The van der Waals surface area contributed by atoms with Gasteiger partial charge in [0, 0.05) is 17.1 Å². The van der Waals surface area contributed by atoms with Crippen LogP contribution < -0.4 is 16.0 Å². The number of nitrogens with zero attached hydrogens (tertiary/aromatic N) is 1. The lowest BCUT2D eigenvalue weighted by molar-refractivity contribution is -0.127. The molecular weight excluding hydrogens is 516 g/mol. The fourth-order valence-electron chi connectivity index (χ4n) is 4.47. The van der Waals surface area contributed by atoms with Gasteiger partial charge in [0.25, 0.3) is 5.91 Å². The molecule has 0 saturated carbocycles. The quantitative estimate of drug-likeness (QED) is 0.246. The third-order valence-corrected chi connectivity index (χ3v) is 6.54. The molecule has 3 aromatic carbocycles. The van der Waals surface area contributed by atoms with Crippen LogP contribution in [-0.4, -0.2) is 47.6 Å². The first-order valence-electron chi connectivity index (χ1n) is 13.6. The molecule has 8 heteroatoms. The largest absolute Gasteiger partial charge is 0.349 e. The number of nitrogens with one attached hydrogen (secondary N) is 3. The molecule has 41 heavy (non-hydrogen) atoms. The highest BCUT2D eigenvalue weighted by atomic mass is 16.2. The Bertz CT molecular complexity index is 1530. The molecule has 1 heterocycles. The Morgan fingerprint density at radius 3 is 2.32 bits per heavy atom. The number of ketones is 1. The normalized spacial score (nSPS) is 11.6. The Morgan fingerprint density at radius 1 is 0.780 bits per heavy atom. The van der Waals surface area contributed by atoms with Gasteiger partial charge in [-0.25, -0.2) is 0 Å². The predicted molar refractivity (Wildman–Crippen MR) is 159 cm³/mol. The van der Waals surface area contributed by atoms with E-state index < -0.39 is 11.9 Å². The SMILES string of the molecule is CC(C)C[C@H](NC(=O)c1ccc2ncccc2c1)C(=O)NCC(=O)CNC(=O)Cc1cccc(-c2ccccc2)c1. The number of carbonyl (C=O) groups excluding carboxylic acids is 4. The van der Waals surface area contributed by atoms with Crippen molar-refractivity contribution in [2.75, 3.05) is 13.1 Å². The van der Waals surface area contributed by atoms with E-state index in [2.05, 4.69) is 20.9 Å². The lowest BCUT2D eigenvalue weighted by Gasteiger charge is -2.20. The third-order valence-electron chi connectivity index (χ3n) is 6.54. The molecule has 1 aromatic heterocycles. The molecule has 0 unspecified atom stereocenters. The van der Waals surface area contributed by atoms with Crippen LogP contribution in [0.5, 0.6) is 0 Å². The standard InChI is InChI=1S/C33H34N4O4/c1-22(2)16-30(37-32(40)27-13-14-29-26(19-27)12-7-15-34-29)33(41)36-21-28(38)20-35-31(39)18-23-8-6-11-25(17-23)24-9-4-3-5-10-24/h3-15,17,19,22,30H,16,18,20-21H2,1-2H3,(H,35,39)(H,36,41)(H,37,40)/t30-/m0/s1. The zero-order valence-electron chi connectivity index (χ0n) is 23.2. The van der Waals surface area contributed by atoms with E-state index in [4.69, 9.17) is 0 Å². The van der Waals surface area contributed by atoms with E-state index in [0.717, 1.165) is 27.6 Å². The van der Waals surface area contributed by atoms with Crippen LogP contribution in [0, 0.1) is 5.92 Å². The number of amides is 3. The highest BCUT2D eigenvalue weighted by Crippen LogP contribution is 2.20. The first-order valence-corrected chi connectivity index (χ1v) is 13.6. The Labute approximate surface area is 239 Å². The maximum Gasteiger partial charge on any atom is 0.251 e. The van der Waals surface area contributed by atoms with Gasteiger partial charge in [-0.15, -0.1) is 0 Å². The van der Waals surface area contributed by atoms with Crippen LogP contribution in [0.1, 0.15) is 36.2 Å². The van der Waals surface area contributed by atoms with Gasteiger partial charge in [-0.05, 0) is 53.3 Å². The number of rotatable bonds is 12. The average Bonchev–Trinajstić information content (AvgIpc) is 2.98. The fourth-order valence-corrected chi connectivity index (χ4v) is 4.47. The Kier molecular flexibility index (Phi) is 9.94. The van der Waals surface area contributed by atoms with Crippen molar-refractivity contribution in [2.45, 2.75) is 32.7 Å². The first-order chi connectivity index (χ1) is 19.8. The van der Waals surface area contributed by atoms with E-state index in [0.29, 0.717) is 12.0 Å². The van der Waals surface area contributed by atoms with Gasteiger partial charge in [-0.2, -0.15) is 0 Å². The van der Waals surface area contributed by atoms with Crippen molar-refractivity contribution in [3.05, 3.63) is 102 Å². The highest BCUT2D eigenvalue weighted by Gasteiger charge is 2.23. The van der Waals surface area contributed by atoms with Gasteiger partial charge in [0.1, 0.15) is 6.04 Å². The zero-order valence-corrected chi connectivity index (χ0v) is 23.2. The lowest BCUT2D eigenvalue weighted by Crippen LogP contribution is -2.49. The lowest BCUT2D eigenvalue weighted by atomic mass is 10.0. The minimum absolute atomic E-state index is 0.127. The molecule has 0 spiro atoms. The Morgan fingerprint density at radius 2 is 1.54 bits per heavy atom. The molecule has 210 valence electrons. The molecule has 0 aliphatic rings. The molecule has 4 aromatic rings. The highest BCUT2D eigenvalue weighted by molar-refractivity contribution is 6.00. The van der Waals surface area contributed by atoms with Crippen LogP contribution in [-0.2, 0) is 20.8 Å². The summed E-state index contributed by atoms with van der Waals surface area (Å²) in [6.07, 6.45) is 2.22. The third kappa shape index (κ3) is 8.57. The second-order valence-electron chi connectivity index (χ2n) is 10.3. The van der Waals surface area contributed by atoms with Crippen LogP contribution >= 0.6 is 0 Å². The summed E-state index contributed by atoms with van der Waals surface area (Å²) in [4.78, 5) is 55.0. The molecule has 0 fully saturated rings. The van der Waals surface area contributed by atoms with Gasteiger partial charge < -0.3 is 16.0 Å². The second kappa shape index (κ2) is 14.0. The molecule has 8 nitrogen and oxygen atoms in total. The minimum Gasteiger partial charge on any atom is -0.349 e. The van der Waals surface area contributed by atoms with Crippen LogP contribution in [0.3, 0.4) is 0 Å². The van der Waals surface area contributed by atoms with Gasteiger partial charge in [0.05, 0.1) is 25.0 Å². The van der Waals surface area contributed by atoms with Crippen LogP contribution in [0.25, 0.3) is 22.0 Å². The Hall–Kier alpha value is -4.85. The number of Topliss-reactive ketones (excluding diaryl/α,β-unsaturated/α-hetero) is 1. The molecule has 0 radical (unpaired) electrons. The van der Waals surface area contributed by atoms with Crippen molar-refractivity contribution in [3.63, 3.8) is 0 Å². The second-order valence-corrected chi connectivity index (χ2v) is 10.3. The van der Waals surface area contributed by atoms with Crippen molar-refractivity contribution in [1.29, 1.82) is 0 Å². The summed E-state index contributed by atoms with van der Waals surface area (Å²) < 4.78 is 0. The van der Waals surface area contributed by atoms with Gasteiger partial charge >= 0.3 is 0 Å². The van der Waals surface area contributed by atoms with Gasteiger partial charge in [-0.3, -0.25) is 24.2 Å². The van der Waals surface area contributed by atoms with E-state index >= 15 is 0 Å². The monoisotopic (exact) mass is 550 g/mol. The van der Waals surface area contributed by atoms with Crippen molar-refractivity contribution >= 4 is 34.4 Å². The molecule has 0 saturated heterocycles. The summed E-state index contributed by atoms with van der Waals surface area (Å²) in [6, 6.07) is 25.6. The molecular formula is C33H34N4O4. The first kappa shape index (κ1) is 29.1. The summed E-state index contributed by atoms with van der Waals surface area (Å²) in [5, 5.41) is 8.85. The number of hydrogen-bond acceptors (Lipinski definition) is 5. The van der Waals surface area contributed by atoms with Crippen molar-refractivity contribution in [3.8, 4) is 11.1 Å². The van der Waals surface area contributed by atoms with E-state index in [9.17, 15) is 19.2 Å². The van der Waals surface area contributed by atoms with Crippen molar-refractivity contribution < 1.29 is 19.2 Å². The van der Waals surface area contributed by atoms with E-state index in [-0.39, 0.29) is 43.0 Å². The number of pyridine rings is 1. The molecule has 0 bridgehead atoms. The molecule has 1 atom stereocenters. The molecule has 4 rings (SSSR count). The van der Waals surface area contributed by atoms with Crippen molar-refractivity contribution in [2.24, 2.45) is 5.92 Å².